The second-order valence-electron chi connectivity index (χ2n) is 3.94. The molecule has 3 aromatic rings. The molecule has 0 spiro atoms. The summed E-state index contributed by atoms with van der Waals surface area (Å²) >= 11 is 0. The monoisotopic (exact) mass is 199 g/mol. The van der Waals surface area contributed by atoms with Gasteiger partial charge >= 0.3 is 0 Å². The molecule has 3 rings (SSSR count). The van der Waals surface area contributed by atoms with Crippen LogP contribution in [0.4, 0.5) is 0 Å². The summed E-state index contributed by atoms with van der Waals surface area (Å²) in [5, 5.41) is 1.23. The van der Waals surface area contributed by atoms with Crippen molar-refractivity contribution in [3.05, 3.63) is 41.7 Å². The molecule has 0 amide bonds. The van der Waals surface area contributed by atoms with Crippen molar-refractivity contribution in [2.45, 2.75) is 13.8 Å². The first-order chi connectivity index (χ1) is 7.20. The van der Waals surface area contributed by atoms with Crippen LogP contribution in [0.5, 0.6) is 0 Å². The molecule has 3 heteroatoms. The van der Waals surface area contributed by atoms with Gasteiger partial charge in [-0.2, -0.15) is 0 Å². The maximum atomic E-state index is 6.00. The smallest absolute Gasteiger partial charge is 0.137 e. The number of hydrogen-bond acceptors (Lipinski definition) is 1. The molecule has 0 radical (unpaired) electrons. The minimum atomic E-state index is 1.05. The Balaban J connectivity index is 2.65. The summed E-state index contributed by atoms with van der Waals surface area (Å²) in [4.78, 5) is 0. The van der Waals surface area contributed by atoms with Gasteiger partial charge in [-0.3, -0.25) is 4.40 Å². The molecule has 2 N–H and O–H groups in total. The Hall–Kier alpha value is -1.90. The predicted octanol–water partition coefficient (Wildman–Crippen LogP) is 2.22. The Morgan fingerprint density at radius 3 is 2.60 bits per heavy atom. The number of imidazole rings is 1. The predicted molar refractivity (Wildman–Crippen MR) is 62.5 cm³/mol. The van der Waals surface area contributed by atoms with Crippen LogP contribution in [0.1, 0.15) is 11.4 Å². The normalized spacial score (nSPS) is 11.6. The van der Waals surface area contributed by atoms with Crippen LogP contribution in [-0.4, -0.2) is 9.08 Å². The highest BCUT2D eigenvalue weighted by Crippen LogP contribution is 2.23. The van der Waals surface area contributed by atoms with Crippen LogP contribution >= 0.6 is 0 Å². The van der Waals surface area contributed by atoms with Crippen molar-refractivity contribution in [2.24, 2.45) is 0 Å². The number of fused-ring (bicyclic) bond motifs is 3. The summed E-state index contributed by atoms with van der Waals surface area (Å²) in [6.07, 6.45) is 0. The fourth-order valence-corrected chi connectivity index (χ4v) is 2.18. The zero-order chi connectivity index (χ0) is 10.6. The Kier molecular flexibility index (Phi) is 1.44. The number of rotatable bonds is 0. The lowest BCUT2D eigenvalue weighted by atomic mass is 10.2. The van der Waals surface area contributed by atoms with E-state index in [-0.39, 0.29) is 0 Å². The summed E-state index contributed by atoms with van der Waals surface area (Å²) in [6, 6.07) is 10.4. The number of nitrogens with two attached hydrogens (primary N) is 1. The van der Waals surface area contributed by atoms with Crippen molar-refractivity contribution in [3.63, 3.8) is 0 Å². The standard InChI is InChI=1S/C12H13N3/c1-8-9(2)15(13)12-7-10-5-3-4-6-11(10)14(8)12/h3-7H,13H2,1-2H3. The van der Waals surface area contributed by atoms with Crippen LogP contribution in [0.3, 0.4) is 0 Å². The molecule has 1 aromatic carbocycles. The topological polar surface area (TPSA) is 35.4 Å². The molecule has 0 saturated heterocycles. The van der Waals surface area contributed by atoms with Crippen LogP contribution < -0.4 is 5.84 Å². The fraction of sp³-hybridized carbons (Fsp3) is 0.167. The van der Waals surface area contributed by atoms with E-state index < -0.39 is 0 Å². The highest BCUT2D eigenvalue weighted by atomic mass is 15.3. The lowest BCUT2D eigenvalue weighted by Crippen LogP contribution is -2.09. The van der Waals surface area contributed by atoms with Gasteiger partial charge in [0.05, 0.1) is 11.2 Å². The molecule has 0 aliphatic rings. The number of nitrogen functional groups attached to an aromatic ring is 1. The van der Waals surface area contributed by atoms with Crippen molar-refractivity contribution in [1.29, 1.82) is 0 Å². The van der Waals surface area contributed by atoms with Gasteiger partial charge in [-0.15, -0.1) is 0 Å². The van der Waals surface area contributed by atoms with Gasteiger partial charge in [-0.1, -0.05) is 18.2 Å². The molecule has 76 valence electrons. The Morgan fingerprint density at radius 1 is 1.07 bits per heavy atom. The van der Waals surface area contributed by atoms with Gasteiger partial charge in [-0.05, 0) is 26.0 Å². The highest BCUT2D eigenvalue weighted by molar-refractivity contribution is 5.86. The largest absolute Gasteiger partial charge is 0.337 e. The van der Waals surface area contributed by atoms with Gasteiger partial charge in [0.1, 0.15) is 5.65 Å². The molecule has 15 heavy (non-hydrogen) atoms. The summed E-state index contributed by atoms with van der Waals surface area (Å²) in [7, 11) is 0. The molecule has 2 heterocycles. The quantitative estimate of drug-likeness (QED) is 0.554. The number of para-hydroxylation sites is 1. The first-order valence-corrected chi connectivity index (χ1v) is 5.03. The minimum Gasteiger partial charge on any atom is -0.337 e. The van der Waals surface area contributed by atoms with Crippen molar-refractivity contribution in [2.75, 3.05) is 5.84 Å². The summed E-state index contributed by atoms with van der Waals surface area (Å²) in [6.45, 7) is 4.13. The molecule has 0 aliphatic heterocycles. The molecule has 0 atom stereocenters. The number of aryl methyl sites for hydroxylation is 1. The molecule has 0 saturated carbocycles. The van der Waals surface area contributed by atoms with E-state index in [2.05, 4.69) is 35.6 Å². The zero-order valence-electron chi connectivity index (χ0n) is 8.86. The number of hydrogen-bond donors (Lipinski definition) is 1. The average molecular weight is 199 g/mol. The first kappa shape index (κ1) is 8.41. The SMILES string of the molecule is Cc1c(C)n2c3ccccc3cc2n1N. The van der Waals surface area contributed by atoms with E-state index in [1.807, 2.05) is 13.0 Å². The molecule has 0 unspecified atom stereocenters. The van der Waals surface area contributed by atoms with Crippen LogP contribution in [-0.2, 0) is 0 Å². The Morgan fingerprint density at radius 2 is 1.80 bits per heavy atom. The molecule has 0 fully saturated rings. The van der Waals surface area contributed by atoms with E-state index in [1.54, 1.807) is 4.68 Å². The van der Waals surface area contributed by atoms with Gasteiger partial charge in [-0.25, -0.2) is 4.68 Å². The van der Waals surface area contributed by atoms with Crippen molar-refractivity contribution in [3.8, 4) is 0 Å². The van der Waals surface area contributed by atoms with E-state index in [4.69, 9.17) is 5.84 Å². The molecule has 0 aliphatic carbocycles. The van der Waals surface area contributed by atoms with Gasteiger partial charge in [0.15, 0.2) is 0 Å². The van der Waals surface area contributed by atoms with Crippen LogP contribution in [0, 0.1) is 13.8 Å². The third kappa shape index (κ3) is 0.897. The zero-order valence-corrected chi connectivity index (χ0v) is 8.86. The summed E-state index contributed by atoms with van der Waals surface area (Å²) < 4.78 is 3.94. The molecular weight excluding hydrogens is 186 g/mol. The fourth-order valence-electron chi connectivity index (χ4n) is 2.18. The highest BCUT2D eigenvalue weighted by Gasteiger charge is 2.11. The van der Waals surface area contributed by atoms with Crippen LogP contribution in [0.15, 0.2) is 30.3 Å². The molecular formula is C12H13N3. The van der Waals surface area contributed by atoms with Crippen LogP contribution in [0.2, 0.25) is 0 Å². The van der Waals surface area contributed by atoms with E-state index in [9.17, 15) is 0 Å². The summed E-state index contributed by atoms with van der Waals surface area (Å²) in [5.74, 6) is 6.00. The lowest BCUT2D eigenvalue weighted by Gasteiger charge is -1.96. The second kappa shape index (κ2) is 2.57. The van der Waals surface area contributed by atoms with Gasteiger partial charge in [0.2, 0.25) is 0 Å². The third-order valence-electron chi connectivity index (χ3n) is 3.16. The average Bonchev–Trinajstić information content (AvgIpc) is 2.72. The molecule has 3 nitrogen and oxygen atoms in total. The van der Waals surface area contributed by atoms with Crippen LogP contribution in [0.25, 0.3) is 16.6 Å². The van der Waals surface area contributed by atoms with Crippen molar-refractivity contribution >= 4 is 16.6 Å². The number of benzene rings is 1. The lowest BCUT2D eigenvalue weighted by molar-refractivity contribution is 0.989. The van der Waals surface area contributed by atoms with E-state index in [0.717, 1.165) is 11.3 Å². The van der Waals surface area contributed by atoms with E-state index in [1.165, 1.54) is 16.6 Å². The Bertz CT molecular complexity index is 658. The first-order valence-electron chi connectivity index (χ1n) is 5.03. The van der Waals surface area contributed by atoms with Gasteiger partial charge in [0.25, 0.3) is 0 Å². The molecule has 0 bridgehead atoms. The maximum Gasteiger partial charge on any atom is 0.137 e. The Labute approximate surface area is 87.7 Å². The van der Waals surface area contributed by atoms with Gasteiger partial charge in [0, 0.05) is 11.1 Å². The van der Waals surface area contributed by atoms with Crippen molar-refractivity contribution < 1.29 is 0 Å². The third-order valence-corrected chi connectivity index (χ3v) is 3.16. The van der Waals surface area contributed by atoms with Gasteiger partial charge < -0.3 is 5.84 Å². The maximum absolute atomic E-state index is 6.00. The summed E-state index contributed by atoms with van der Waals surface area (Å²) in [5.41, 5.74) is 4.58. The second-order valence-corrected chi connectivity index (χ2v) is 3.94. The van der Waals surface area contributed by atoms with E-state index >= 15 is 0 Å². The minimum absolute atomic E-state index is 1.05. The number of nitrogens with zero attached hydrogens (tertiary/aromatic N) is 2. The number of aromatic nitrogens is 2. The molecule has 2 aromatic heterocycles. The van der Waals surface area contributed by atoms with E-state index in [0.29, 0.717) is 0 Å². The van der Waals surface area contributed by atoms with Crippen molar-refractivity contribution in [1.82, 2.24) is 9.08 Å².